The maximum atomic E-state index is 9.93. The molecule has 2 rings (SSSR count). The minimum atomic E-state index is -0.640. The number of ether oxygens (including phenoxy) is 1. The number of aromatic nitrogens is 1. The van der Waals surface area contributed by atoms with Gasteiger partial charge in [-0.15, -0.1) is 6.58 Å². The molecule has 1 heterocycles. The van der Waals surface area contributed by atoms with Crippen LogP contribution in [0.3, 0.4) is 0 Å². The van der Waals surface area contributed by atoms with E-state index in [1.807, 2.05) is 37.3 Å². The molecule has 1 aromatic heterocycles. The van der Waals surface area contributed by atoms with Gasteiger partial charge in [0.25, 0.3) is 0 Å². The molecular formula is C16H20N2O3. The van der Waals surface area contributed by atoms with E-state index in [2.05, 4.69) is 17.1 Å². The van der Waals surface area contributed by atoms with Crippen LogP contribution in [0.2, 0.25) is 0 Å². The molecule has 1 atom stereocenters. The number of rotatable bonds is 8. The topological polar surface area (TPSA) is 67.5 Å². The van der Waals surface area contributed by atoms with Gasteiger partial charge >= 0.3 is 0 Å². The van der Waals surface area contributed by atoms with Crippen molar-refractivity contribution in [2.45, 2.75) is 19.4 Å². The number of hydrogen-bond acceptors (Lipinski definition) is 5. The van der Waals surface area contributed by atoms with E-state index in [0.717, 1.165) is 23.5 Å². The molecule has 1 aromatic carbocycles. The van der Waals surface area contributed by atoms with Crippen LogP contribution < -0.4 is 10.1 Å². The first-order chi connectivity index (χ1) is 10.2. The summed E-state index contributed by atoms with van der Waals surface area (Å²) in [6.45, 7) is 6.09. The lowest BCUT2D eigenvalue weighted by atomic mass is 10.1. The van der Waals surface area contributed by atoms with Crippen LogP contribution in [0.15, 0.2) is 47.5 Å². The fraction of sp³-hybridized carbons (Fsp3) is 0.312. The summed E-state index contributed by atoms with van der Waals surface area (Å²) in [7, 11) is 0. The highest BCUT2D eigenvalue weighted by atomic mass is 16.5. The van der Waals surface area contributed by atoms with Gasteiger partial charge in [0.05, 0.1) is 0 Å². The molecule has 0 spiro atoms. The first kappa shape index (κ1) is 15.1. The van der Waals surface area contributed by atoms with Gasteiger partial charge in [0.1, 0.15) is 24.2 Å². The van der Waals surface area contributed by atoms with Gasteiger partial charge in [-0.05, 0) is 25.0 Å². The molecule has 5 nitrogen and oxygen atoms in total. The van der Waals surface area contributed by atoms with Crippen molar-refractivity contribution in [1.29, 1.82) is 0 Å². The fourth-order valence-corrected chi connectivity index (χ4v) is 1.89. The Morgan fingerprint density at radius 2 is 2.29 bits per heavy atom. The van der Waals surface area contributed by atoms with Crippen molar-refractivity contribution in [3.63, 3.8) is 0 Å². The second-order valence-corrected chi connectivity index (χ2v) is 4.77. The van der Waals surface area contributed by atoms with Crippen LogP contribution in [0.25, 0.3) is 0 Å². The second kappa shape index (κ2) is 7.50. The van der Waals surface area contributed by atoms with Crippen LogP contribution in [0.5, 0.6) is 5.75 Å². The van der Waals surface area contributed by atoms with Gasteiger partial charge in [0.2, 0.25) is 0 Å². The lowest BCUT2D eigenvalue weighted by Crippen LogP contribution is -2.26. The van der Waals surface area contributed by atoms with Crippen molar-refractivity contribution in [3.8, 4) is 5.75 Å². The number of allylic oxidation sites excluding steroid dienone is 1. The zero-order valence-electron chi connectivity index (χ0n) is 12.1. The summed E-state index contributed by atoms with van der Waals surface area (Å²) < 4.78 is 10.6. The molecule has 2 aromatic rings. The predicted molar refractivity (Wildman–Crippen MR) is 81.6 cm³/mol. The highest BCUT2D eigenvalue weighted by molar-refractivity contribution is 5.35. The number of hydrogen-bond donors (Lipinski definition) is 2. The Balaban J connectivity index is 1.80. The van der Waals surface area contributed by atoms with Crippen molar-refractivity contribution in [2.75, 3.05) is 18.5 Å². The number of anilines is 1. The molecule has 0 aliphatic rings. The lowest BCUT2D eigenvalue weighted by molar-refractivity contribution is 0.117. The van der Waals surface area contributed by atoms with Gasteiger partial charge in [0, 0.05) is 12.6 Å². The average molecular weight is 288 g/mol. The van der Waals surface area contributed by atoms with E-state index in [4.69, 9.17) is 9.26 Å². The smallest absolute Gasteiger partial charge is 0.169 e. The molecule has 0 radical (unpaired) electrons. The molecule has 2 N–H and O–H groups in total. The minimum absolute atomic E-state index is 0.206. The summed E-state index contributed by atoms with van der Waals surface area (Å²) in [4.78, 5) is 0. The quantitative estimate of drug-likeness (QED) is 0.731. The highest BCUT2D eigenvalue weighted by Crippen LogP contribution is 2.19. The van der Waals surface area contributed by atoms with E-state index >= 15 is 0 Å². The summed E-state index contributed by atoms with van der Waals surface area (Å²) in [6.07, 6.45) is 1.93. The third-order valence-electron chi connectivity index (χ3n) is 2.91. The van der Waals surface area contributed by atoms with Crippen LogP contribution in [-0.4, -0.2) is 29.5 Å². The zero-order chi connectivity index (χ0) is 15.1. The molecule has 0 bridgehead atoms. The lowest BCUT2D eigenvalue weighted by Gasteiger charge is -2.14. The molecule has 0 amide bonds. The van der Waals surface area contributed by atoms with Crippen molar-refractivity contribution in [1.82, 2.24) is 5.16 Å². The minimum Gasteiger partial charge on any atom is -0.491 e. The van der Waals surface area contributed by atoms with Crippen molar-refractivity contribution in [2.24, 2.45) is 0 Å². The predicted octanol–water partition coefficient (Wildman–Crippen LogP) is 2.56. The van der Waals surface area contributed by atoms with E-state index in [9.17, 15) is 5.11 Å². The first-order valence-corrected chi connectivity index (χ1v) is 6.86. The van der Waals surface area contributed by atoms with Crippen molar-refractivity contribution < 1.29 is 14.4 Å². The number of benzene rings is 1. The first-order valence-electron chi connectivity index (χ1n) is 6.86. The van der Waals surface area contributed by atoms with E-state index < -0.39 is 6.10 Å². The van der Waals surface area contributed by atoms with Crippen LogP contribution in [0.1, 0.15) is 11.3 Å². The van der Waals surface area contributed by atoms with E-state index in [1.54, 1.807) is 6.07 Å². The molecule has 0 saturated carbocycles. The Hall–Kier alpha value is -2.27. The van der Waals surface area contributed by atoms with Gasteiger partial charge < -0.3 is 19.7 Å². The number of aryl methyl sites for hydroxylation is 1. The maximum Gasteiger partial charge on any atom is 0.169 e. The molecule has 0 saturated heterocycles. The maximum absolute atomic E-state index is 9.93. The molecule has 0 fully saturated rings. The molecule has 112 valence electrons. The second-order valence-electron chi connectivity index (χ2n) is 4.77. The highest BCUT2D eigenvalue weighted by Gasteiger charge is 2.08. The van der Waals surface area contributed by atoms with E-state index in [0.29, 0.717) is 12.4 Å². The summed E-state index contributed by atoms with van der Waals surface area (Å²) in [6, 6.07) is 9.51. The Morgan fingerprint density at radius 3 is 3.00 bits per heavy atom. The van der Waals surface area contributed by atoms with Gasteiger partial charge in [0.15, 0.2) is 5.82 Å². The summed E-state index contributed by atoms with van der Waals surface area (Å²) >= 11 is 0. The average Bonchev–Trinajstić information content (AvgIpc) is 2.90. The Labute approximate surface area is 124 Å². The number of aliphatic hydroxyl groups is 1. The number of nitrogens with one attached hydrogen (secondary N) is 1. The van der Waals surface area contributed by atoms with Gasteiger partial charge in [-0.25, -0.2) is 0 Å². The Bertz CT molecular complexity index is 580. The normalized spacial score (nSPS) is 11.9. The molecule has 5 heteroatoms. The number of nitrogens with zero attached hydrogens (tertiary/aromatic N) is 1. The number of para-hydroxylation sites is 1. The third-order valence-corrected chi connectivity index (χ3v) is 2.91. The summed E-state index contributed by atoms with van der Waals surface area (Å²) in [5, 5.41) is 16.7. The van der Waals surface area contributed by atoms with Crippen molar-refractivity contribution in [3.05, 3.63) is 54.3 Å². The van der Waals surface area contributed by atoms with Crippen LogP contribution >= 0.6 is 0 Å². The van der Waals surface area contributed by atoms with E-state index in [-0.39, 0.29) is 6.61 Å². The Kier molecular flexibility index (Phi) is 5.40. The SMILES string of the molecule is C=CCc1ccccc1OCC(O)CNc1cc(C)on1. The molecule has 0 aliphatic heterocycles. The molecule has 21 heavy (non-hydrogen) atoms. The fourth-order valence-electron chi connectivity index (χ4n) is 1.89. The number of aliphatic hydroxyl groups excluding tert-OH is 1. The van der Waals surface area contributed by atoms with Crippen LogP contribution in [0, 0.1) is 6.92 Å². The van der Waals surface area contributed by atoms with Gasteiger partial charge in [-0.3, -0.25) is 0 Å². The largest absolute Gasteiger partial charge is 0.491 e. The van der Waals surface area contributed by atoms with Crippen LogP contribution in [0.4, 0.5) is 5.82 Å². The summed E-state index contributed by atoms with van der Waals surface area (Å²) in [5.41, 5.74) is 1.06. The van der Waals surface area contributed by atoms with E-state index in [1.165, 1.54) is 0 Å². The molecule has 1 unspecified atom stereocenters. The zero-order valence-corrected chi connectivity index (χ0v) is 12.1. The third kappa shape index (κ3) is 4.65. The molecule has 0 aliphatic carbocycles. The summed E-state index contributed by atoms with van der Waals surface area (Å²) in [5.74, 6) is 2.11. The Morgan fingerprint density at radius 1 is 1.48 bits per heavy atom. The van der Waals surface area contributed by atoms with Gasteiger partial charge in [-0.1, -0.05) is 29.4 Å². The van der Waals surface area contributed by atoms with Crippen molar-refractivity contribution >= 4 is 5.82 Å². The van der Waals surface area contributed by atoms with Crippen LogP contribution in [-0.2, 0) is 6.42 Å². The standard InChI is InChI=1S/C16H20N2O3/c1-3-6-13-7-4-5-8-15(13)20-11-14(19)10-17-16-9-12(2)21-18-16/h3-5,7-9,14,19H,1,6,10-11H2,2H3,(H,17,18). The van der Waals surface area contributed by atoms with Gasteiger partial charge in [-0.2, -0.15) is 0 Å². The monoisotopic (exact) mass is 288 g/mol. The molecular weight excluding hydrogens is 268 g/mol.